The molecule has 1 amide bonds. The van der Waals surface area contributed by atoms with Crippen LogP contribution in [-0.4, -0.2) is 25.1 Å². The third kappa shape index (κ3) is 2.79. The second-order valence-corrected chi connectivity index (χ2v) is 3.92. The molecule has 0 radical (unpaired) electrons. The summed E-state index contributed by atoms with van der Waals surface area (Å²) in [4.78, 5) is 15.6. The molecule has 2 aromatic rings. The summed E-state index contributed by atoms with van der Waals surface area (Å²) >= 11 is 5.97. The molecule has 0 saturated carbocycles. The largest absolute Gasteiger partial charge is 0.495 e. The van der Waals surface area contributed by atoms with Gasteiger partial charge in [-0.05, 0) is 0 Å². The molecule has 100 valence electrons. The van der Waals surface area contributed by atoms with Crippen LogP contribution in [0.5, 0.6) is 11.5 Å². The number of carbonyl (C=O) groups excluding carboxylic acids is 1. The SMILES string of the molecule is COc1cc(NC(=O)c2cocn2)c(OC)cc1Cl. The van der Waals surface area contributed by atoms with E-state index in [1.165, 1.54) is 26.9 Å². The van der Waals surface area contributed by atoms with Crippen LogP contribution >= 0.6 is 11.6 Å². The summed E-state index contributed by atoms with van der Waals surface area (Å²) in [5.41, 5.74) is 0.590. The zero-order chi connectivity index (χ0) is 13.8. The Hall–Kier alpha value is -2.21. The molecule has 2 rings (SSSR count). The van der Waals surface area contributed by atoms with Crippen LogP contribution in [0.15, 0.2) is 29.2 Å². The number of ether oxygens (including phenoxy) is 2. The predicted octanol–water partition coefficient (Wildman–Crippen LogP) is 2.60. The number of benzene rings is 1. The molecule has 6 nitrogen and oxygen atoms in total. The molecule has 7 heteroatoms. The van der Waals surface area contributed by atoms with Crippen LogP contribution in [-0.2, 0) is 0 Å². The number of methoxy groups -OCH3 is 2. The van der Waals surface area contributed by atoms with Gasteiger partial charge in [0.2, 0.25) is 0 Å². The van der Waals surface area contributed by atoms with Crippen molar-refractivity contribution in [2.75, 3.05) is 19.5 Å². The van der Waals surface area contributed by atoms with Crippen LogP contribution < -0.4 is 14.8 Å². The van der Waals surface area contributed by atoms with Crippen molar-refractivity contribution >= 4 is 23.2 Å². The minimum Gasteiger partial charge on any atom is -0.495 e. The lowest BCUT2D eigenvalue weighted by Crippen LogP contribution is -2.13. The molecule has 0 bridgehead atoms. The smallest absolute Gasteiger partial charge is 0.277 e. The van der Waals surface area contributed by atoms with Gasteiger partial charge in [0.1, 0.15) is 17.8 Å². The normalized spacial score (nSPS) is 10.1. The number of halogens is 1. The first-order chi connectivity index (χ1) is 9.15. The van der Waals surface area contributed by atoms with Crippen molar-refractivity contribution in [1.29, 1.82) is 0 Å². The lowest BCUT2D eigenvalue weighted by Gasteiger charge is -2.12. The summed E-state index contributed by atoms with van der Waals surface area (Å²) in [5.74, 6) is 0.428. The van der Waals surface area contributed by atoms with Gasteiger partial charge in [-0.1, -0.05) is 11.6 Å². The number of rotatable bonds is 4. The number of nitrogens with zero attached hydrogens (tertiary/aromatic N) is 1. The minimum absolute atomic E-state index is 0.163. The van der Waals surface area contributed by atoms with Gasteiger partial charge in [-0.25, -0.2) is 4.98 Å². The summed E-state index contributed by atoms with van der Waals surface area (Å²) in [5, 5.41) is 3.03. The van der Waals surface area contributed by atoms with Crippen LogP contribution in [0.2, 0.25) is 5.02 Å². The summed E-state index contributed by atoms with van der Waals surface area (Å²) < 4.78 is 15.0. The summed E-state index contributed by atoms with van der Waals surface area (Å²) in [6.45, 7) is 0. The molecule has 0 saturated heterocycles. The van der Waals surface area contributed by atoms with Gasteiger partial charge in [0.15, 0.2) is 12.1 Å². The van der Waals surface area contributed by atoms with E-state index in [0.29, 0.717) is 22.2 Å². The van der Waals surface area contributed by atoms with Crippen LogP contribution in [0.4, 0.5) is 5.69 Å². The molecule has 0 aliphatic heterocycles. The average molecular weight is 283 g/mol. The molecule has 1 N–H and O–H groups in total. The van der Waals surface area contributed by atoms with Gasteiger partial charge >= 0.3 is 0 Å². The van der Waals surface area contributed by atoms with Crippen molar-refractivity contribution in [1.82, 2.24) is 4.98 Å². The number of anilines is 1. The Morgan fingerprint density at radius 2 is 2.05 bits per heavy atom. The van der Waals surface area contributed by atoms with E-state index in [-0.39, 0.29) is 5.69 Å². The second-order valence-electron chi connectivity index (χ2n) is 3.51. The van der Waals surface area contributed by atoms with Gasteiger partial charge < -0.3 is 19.2 Å². The zero-order valence-corrected chi connectivity index (χ0v) is 11.0. The Balaban J connectivity index is 2.31. The van der Waals surface area contributed by atoms with E-state index < -0.39 is 5.91 Å². The monoisotopic (exact) mass is 282 g/mol. The fourth-order valence-electron chi connectivity index (χ4n) is 1.47. The first-order valence-electron chi connectivity index (χ1n) is 5.26. The van der Waals surface area contributed by atoms with Crippen molar-refractivity contribution in [3.63, 3.8) is 0 Å². The molecule has 19 heavy (non-hydrogen) atoms. The van der Waals surface area contributed by atoms with Crippen LogP contribution in [0.3, 0.4) is 0 Å². The van der Waals surface area contributed by atoms with Gasteiger partial charge in [-0.3, -0.25) is 4.79 Å². The van der Waals surface area contributed by atoms with E-state index >= 15 is 0 Å². The average Bonchev–Trinajstić information content (AvgIpc) is 2.94. The topological polar surface area (TPSA) is 73.6 Å². The zero-order valence-electron chi connectivity index (χ0n) is 10.3. The van der Waals surface area contributed by atoms with Crippen molar-refractivity contribution < 1.29 is 18.7 Å². The van der Waals surface area contributed by atoms with Gasteiger partial charge in [0.05, 0.1) is 24.9 Å². The van der Waals surface area contributed by atoms with Crippen LogP contribution in [0, 0.1) is 0 Å². The lowest BCUT2D eigenvalue weighted by atomic mass is 10.2. The third-order valence-corrected chi connectivity index (χ3v) is 2.68. The molecule has 0 unspecified atom stereocenters. The Morgan fingerprint density at radius 3 is 2.63 bits per heavy atom. The van der Waals surface area contributed by atoms with Crippen LogP contribution in [0.1, 0.15) is 10.5 Å². The Morgan fingerprint density at radius 1 is 1.32 bits per heavy atom. The first-order valence-corrected chi connectivity index (χ1v) is 5.64. The summed E-state index contributed by atoms with van der Waals surface area (Å²) in [6, 6.07) is 3.12. The number of amides is 1. The highest BCUT2D eigenvalue weighted by Gasteiger charge is 2.15. The van der Waals surface area contributed by atoms with E-state index in [1.807, 2.05) is 0 Å². The van der Waals surface area contributed by atoms with E-state index in [1.54, 1.807) is 12.1 Å². The molecule has 0 aliphatic carbocycles. The van der Waals surface area contributed by atoms with E-state index in [4.69, 9.17) is 25.5 Å². The fraction of sp³-hybridized carbons (Fsp3) is 0.167. The maximum Gasteiger partial charge on any atom is 0.277 e. The standard InChI is InChI=1S/C12H11ClN2O4/c1-17-10-4-8(11(18-2)3-7(10)13)15-12(16)9-5-19-6-14-9/h3-6H,1-2H3,(H,15,16). The third-order valence-electron chi connectivity index (χ3n) is 2.39. The Bertz CT molecular complexity index is 584. The van der Waals surface area contributed by atoms with E-state index in [2.05, 4.69) is 10.3 Å². The highest BCUT2D eigenvalue weighted by atomic mass is 35.5. The molecular weight excluding hydrogens is 272 g/mol. The number of hydrogen-bond acceptors (Lipinski definition) is 5. The molecule has 0 spiro atoms. The number of oxazole rings is 1. The van der Waals surface area contributed by atoms with E-state index in [9.17, 15) is 4.79 Å². The quantitative estimate of drug-likeness (QED) is 0.933. The number of hydrogen-bond donors (Lipinski definition) is 1. The van der Waals surface area contributed by atoms with Crippen molar-refractivity contribution in [3.05, 3.63) is 35.5 Å². The van der Waals surface area contributed by atoms with Crippen molar-refractivity contribution in [2.24, 2.45) is 0 Å². The molecular formula is C12H11ClN2O4. The molecule has 1 aromatic heterocycles. The summed E-state index contributed by atoms with van der Waals surface area (Å²) in [7, 11) is 2.96. The molecule has 1 aromatic carbocycles. The number of aromatic nitrogens is 1. The van der Waals surface area contributed by atoms with Gasteiger partial charge in [0, 0.05) is 12.1 Å². The lowest BCUT2D eigenvalue weighted by molar-refractivity contribution is 0.102. The maximum absolute atomic E-state index is 11.9. The fourth-order valence-corrected chi connectivity index (χ4v) is 1.70. The second kappa shape index (κ2) is 5.62. The molecule has 0 fully saturated rings. The van der Waals surface area contributed by atoms with Gasteiger partial charge in [0.25, 0.3) is 5.91 Å². The Kier molecular flexibility index (Phi) is 3.91. The Labute approximate surface area is 114 Å². The highest BCUT2D eigenvalue weighted by Crippen LogP contribution is 2.35. The van der Waals surface area contributed by atoms with E-state index in [0.717, 1.165) is 0 Å². The molecule has 1 heterocycles. The first kappa shape index (κ1) is 13.2. The number of carbonyl (C=O) groups is 1. The molecule has 0 aliphatic rings. The minimum atomic E-state index is -0.420. The highest BCUT2D eigenvalue weighted by molar-refractivity contribution is 6.32. The van der Waals surface area contributed by atoms with Crippen molar-refractivity contribution in [2.45, 2.75) is 0 Å². The van der Waals surface area contributed by atoms with Gasteiger partial charge in [-0.2, -0.15) is 0 Å². The van der Waals surface area contributed by atoms with Crippen LogP contribution in [0.25, 0.3) is 0 Å². The predicted molar refractivity (Wildman–Crippen MR) is 69.0 cm³/mol. The molecule has 0 atom stereocenters. The maximum atomic E-state index is 11.9. The summed E-state index contributed by atoms with van der Waals surface area (Å²) in [6.07, 6.45) is 2.42. The van der Waals surface area contributed by atoms with Crippen molar-refractivity contribution in [3.8, 4) is 11.5 Å². The van der Waals surface area contributed by atoms with Gasteiger partial charge in [-0.15, -0.1) is 0 Å². The number of nitrogens with one attached hydrogen (secondary N) is 1.